The Hall–Kier alpha value is -0.860. The number of ether oxygens (including phenoxy) is 1. The molecule has 1 atom stereocenters. The van der Waals surface area contributed by atoms with E-state index in [2.05, 4.69) is 19.1 Å². The minimum Gasteiger partial charge on any atom is -0.393 e. The molecule has 0 aliphatic carbocycles. The van der Waals surface area contributed by atoms with Crippen molar-refractivity contribution in [2.75, 3.05) is 7.11 Å². The van der Waals surface area contributed by atoms with E-state index in [9.17, 15) is 5.11 Å². The summed E-state index contributed by atoms with van der Waals surface area (Å²) in [7, 11) is 1.69. The van der Waals surface area contributed by atoms with E-state index in [1.54, 1.807) is 7.11 Å². The Morgan fingerprint density at radius 1 is 1.33 bits per heavy atom. The van der Waals surface area contributed by atoms with Crippen LogP contribution in [0.15, 0.2) is 24.3 Å². The van der Waals surface area contributed by atoms with Gasteiger partial charge in [-0.3, -0.25) is 0 Å². The molecule has 1 aromatic carbocycles. The summed E-state index contributed by atoms with van der Waals surface area (Å²) >= 11 is 0. The zero-order valence-corrected chi connectivity index (χ0v) is 9.57. The van der Waals surface area contributed by atoms with Crippen LogP contribution in [0.3, 0.4) is 0 Å². The van der Waals surface area contributed by atoms with Gasteiger partial charge >= 0.3 is 0 Å². The summed E-state index contributed by atoms with van der Waals surface area (Å²) in [5.74, 6) is 0. The van der Waals surface area contributed by atoms with Crippen molar-refractivity contribution >= 4 is 0 Å². The Morgan fingerprint density at radius 2 is 2.07 bits per heavy atom. The molecular weight excluding hydrogens is 188 g/mol. The maximum Gasteiger partial charge on any atom is 0.0713 e. The van der Waals surface area contributed by atoms with Crippen molar-refractivity contribution in [1.82, 2.24) is 0 Å². The van der Waals surface area contributed by atoms with Gasteiger partial charge in [0.25, 0.3) is 0 Å². The first-order valence-electron chi connectivity index (χ1n) is 5.51. The first-order chi connectivity index (χ1) is 7.26. The maximum absolute atomic E-state index is 9.69. The van der Waals surface area contributed by atoms with E-state index < -0.39 is 0 Å². The number of aliphatic hydroxyl groups excluding tert-OH is 1. The number of methoxy groups -OCH3 is 1. The third-order valence-corrected chi connectivity index (χ3v) is 2.40. The molecule has 0 fully saturated rings. The highest BCUT2D eigenvalue weighted by Gasteiger charge is 2.04. The predicted octanol–water partition coefficient (Wildman–Crippen LogP) is 2.54. The van der Waals surface area contributed by atoms with Crippen molar-refractivity contribution < 1.29 is 9.84 Å². The lowest BCUT2D eigenvalue weighted by atomic mass is 10.0. The molecule has 2 heteroatoms. The van der Waals surface area contributed by atoms with E-state index in [0.717, 1.165) is 19.3 Å². The molecule has 0 radical (unpaired) electrons. The number of rotatable bonds is 6. The Morgan fingerprint density at radius 3 is 2.73 bits per heavy atom. The molecule has 84 valence electrons. The van der Waals surface area contributed by atoms with Crippen LogP contribution in [-0.4, -0.2) is 18.3 Å². The lowest BCUT2D eigenvalue weighted by Crippen LogP contribution is -2.09. The predicted molar refractivity (Wildman–Crippen MR) is 61.8 cm³/mol. The van der Waals surface area contributed by atoms with Gasteiger partial charge in [0.2, 0.25) is 0 Å². The molecule has 0 unspecified atom stereocenters. The van der Waals surface area contributed by atoms with Gasteiger partial charge in [-0.2, -0.15) is 0 Å². The summed E-state index contributed by atoms with van der Waals surface area (Å²) in [5, 5.41) is 9.69. The number of hydrogen-bond donors (Lipinski definition) is 1. The second-order valence-corrected chi connectivity index (χ2v) is 3.90. The molecule has 0 heterocycles. The third-order valence-electron chi connectivity index (χ3n) is 2.40. The number of benzene rings is 1. The summed E-state index contributed by atoms with van der Waals surface area (Å²) in [6, 6.07) is 8.21. The molecule has 0 amide bonds. The molecule has 0 saturated heterocycles. The van der Waals surface area contributed by atoms with Gasteiger partial charge in [0.15, 0.2) is 0 Å². The molecule has 1 aromatic rings. The molecule has 1 rings (SSSR count). The summed E-state index contributed by atoms with van der Waals surface area (Å²) in [5.41, 5.74) is 2.35. The molecule has 0 aliphatic rings. The Labute approximate surface area is 91.9 Å². The molecule has 0 aromatic heterocycles. The fourth-order valence-corrected chi connectivity index (χ4v) is 1.72. The largest absolute Gasteiger partial charge is 0.393 e. The summed E-state index contributed by atoms with van der Waals surface area (Å²) in [4.78, 5) is 0. The average Bonchev–Trinajstić information content (AvgIpc) is 2.19. The standard InChI is InChI=1S/C13H20O2/c1-3-5-13(14)9-11-6-4-7-12(8-11)10-15-2/h4,6-8,13-14H,3,5,9-10H2,1-2H3/t13-/m0/s1. The van der Waals surface area contributed by atoms with Gasteiger partial charge in [-0.05, 0) is 24.0 Å². The van der Waals surface area contributed by atoms with Crippen LogP contribution >= 0.6 is 0 Å². The molecule has 0 spiro atoms. The molecule has 2 nitrogen and oxygen atoms in total. The number of hydrogen-bond acceptors (Lipinski definition) is 2. The topological polar surface area (TPSA) is 29.5 Å². The first-order valence-corrected chi connectivity index (χ1v) is 5.51. The van der Waals surface area contributed by atoms with Gasteiger partial charge < -0.3 is 9.84 Å². The van der Waals surface area contributed by atoms with Gasteiger partial charge in [-0.15, -0.1) is 0 Å². The van der Waals surface area contributed by atoms with Gasteiger partial charge in [-0.25, -0.2) is 0 Å². The maximum atomic E-state index is 9.69. The molecule has 1 N–H and O–H groups in total. The second kappa shape index (κ2) is 6.59. The lowest BCUT2D eigenvalue weighted by molar-refractivity contribution is 0.163. The molecular formula is C13H20O2. The average molecular weight is 208 g/mol. The van der Waals surface area contributed by atoms with Crippen LogP contribution in [0.1, 0.15) is 30.9 Å². The molecule has 15 heavy (non-hydrogen) atoms. The van der Waals surface area contributed by atoms with Crippen molar-refractivity contribution in [3.05, 3.63) is 35.4 Å². The van der Waals surface area contributed by atoms with E-state index in [-0.39, 0.29) is 6.10 Å². The molecule has 0 bridgehead atoms. The minimum atomic E-state index is -0.215. The van der Waals surface area contributed by atoms with E-state index in [1.807, 2.05) is 12.1 Å². The minimum absolute atomic E-state index is 0.215. The second-order valence-electron chi connectivity index (χ2n) is 3.90. The number of aliphatic hydroxyl groups is 1. The summed E-state index contributed by atoms with van der Waals surface area (Å²) in [6.07, 6.45) is 2.42. The zero-order valence-electron chi connectivity index (χ0n) is 9.57. The van der Waals surface area contributed by atoms with E-state index in [1.165, 1.54) is 11.1 Å². The van der Waals surface area contributed by atoms with Crippen LogP contribution in [0.4, 0.5) is 0 Å². The molecule has 0 aliphatic heterocycles. The summed E-state index contributed by atoms with van der Waals surface area (Å²) in [6.45, 7) is 2.72. The van der Waals surface area contributed by atoms with Crippen LogP contribution in [0.25, 0.3) is 0 Å². The van der Waals surface area contributed by atoms with Gasteiger partial charge in [0.1, 0.15) is 0 Å². The van der Waals surface area contributed by atoms with Crippen molar-refractivity contribution in [1.29, 1.82) is 0 Å². The third kappa shape index (κ3) is 4.45. The van der Waals surface area contributed by atoms with Crippen molar-refractivity contribution in [3.63, 3.8) is 0 Å². The Kier molecular flexibility index (Phi) is 5.37. The van der Waals surface area contributed by atoms with Crippen LogP contribution in [0.2, 0.25) is 0 Å². The Bertz CT molecular complexity index is 284. The smallest absolute Gasteiger partial charge is 0.0713 e. The normalized spacial score (nSPS) is 12.7. The van der Waals surface area contributed by atoms with Crippen molar-refractivity contribution in [2.24, 2.45) is 0 Å². The van der Waals surface area contributed by atoms with Crippen molar-refractivity contribution in [3.8, 4) is 0 Å². The van der Waals surface area contributed by atoms with E-state index in [4.69, 9.17) is 4.74 Å². The van der Waals surface area contributed by atoms with Crippen LogP contribution < -0.4 is 0 Å². The quantitative estimate of drug-likeness (QED) is 0.778. The van der Waals surface area contributed by atoms with Crippen LogP contribution in [0.5, 0.6) is 0 Å². The fraction of sp³-hybridized carbons (Fsp3) is 0.538. The monoisotopic (exact) mass is 208 g/mol. The highest BCUT2D eigenvalue weighted by molar-refractivity contribution is 5.23. The van der Waals surface area contributed by atoms with Crippen LogP contribution in [-0.2, 0) is 17.8 Å². The SMILES string of the molecule is CCC[C@H](O)Cc1cccc(COC)c1. The summed E-state index contributed by atoms with van der Waals surface area (Å²) < 4.78 is 5.07. The molecule has 0 saturated carbocycles. The van der Waals surface area contributed by atoms with E-state index >= 15 is 0 Å². The van der Waals surface area contributed by atoms with Crippen molar-refractivity contribution in [2.45, 2.75) is 38.9 Å². The van der Waals surface area contributed by atoms with Crippen LogP contribution in [0, 0.1) is 0 Å². The zero-order chi connectivity index (χ0) is 11.1. The Balaban J connectivity index is 2.56. The van der Waals surface area contributed by atoms with Gasteiger partial charge in [-0.1, -0.05) is 37.6 Å². The fourth-order valence-electron chi connectivity index (χ4n) is 1.72. The van der Waals surface area contributed by atoms with E-state index in [0.29, 0.717) is 6.61 Å². The highest BCUT2D eigenvalue weighted by atomic mass is 16.5. The lowest BCUT2D eigenvalue weighted by Gasteiger charge is -2.10. The van der Waals surface area contributed by atoms with Gasteiger partial charge in [0, 0.05) is 7.11 Å². The first kappa shape index (κ1) is 12.2. The van der Waals surface area contributed by atoms with Gasteiger partial charge in [0.05, 0.1) is 12.7 Å². The highest BCUT2D eigenvalue weighted by Crippen LogP contribution is 2.10.